The monoisotopic (exact) mass is 506 g/mol. The van der Waals surface area contributed by atoms with Gasteiger partial charge in [0.25, 0.3) is 5.91 Å². The van der Waals surface area contributed by atoms with E-state index in [2.05, 4.69) is 5.32 Å². The van der Waals surface area contributed by atoms with E-state index in [9.17, 15) is 29.9 Å². The number of phenols is 1. The van der Waals surface area contributed by atoms with Crippen LogP contribution in [-0.2, 0) is 32.3 Å². The lowest BCUT2D eigenvalue weighted by atomic mass is 10.1. The Morgan fingerprint density at radius 3 is 2.41 bits per heavy atom. The molecule has 0 aliphatic carbocycles. The molecule has 0 aromatic heterocycles. The zero-order chi connectivity index (χ0) is 26.8. The Morgan fingerprint density at radius 1 is 1.11 bits per heavy atom. The van der Waals surface area contributed by atoms with Gasteiger partial charge in [-0.3, -0.25) is 14.4 Å². The summed E-state index contributed by atoms with van der Waals surface area (Å²) in [4.78, 5) is 40.8. The van der Waals surface area contributed by atoms with Gasteiger partial charge in [-0.05, 0) is 29.3 Å². The third-order valence-corrected chi connectivity index (χ3v) is 5.89. The molecule has 10 nitrogen and oxygen atoms in total. The van der Waals surface area contributed by atoms with Crippen LogP contribution >= 0.6 is 0 Å². The summed E-state index contributed by atoms with van der Waals surface area (Å²) in [6, 6.07) is 15.0. The van der Waals surface area contributed by atoms with Crippen molar-refractivity contribution in [3.63, 3.8) is 0 Å². The summed E-state index contributed by atoms with van der Waals surface area (Å²) in [5, 5.41) is 31.2. The van der Waals surface area contributed by atoms with Crippen molar-refractivity contribution in [2.45, 2.75) is 26.2 Å². The Balaban J connectivity index is 1.59. The van der Waals surface area contributed by atoms with Crippen LogP contribution in [0.15, 0.2) is 54.1 Å². The highest BCUT2D eigenvalue weighted by Gasteiger charge is 2.30. The van der Waals surface area contributed by atoms with E-state index >= 15 is 0 Å². The lowest BCUT2D eigenvalue weighted by Crippen LogP contribution is -2.56. The number of benzene rings is 2. The molecule has 0 saturated carbocycles. The minimum absolute atomic E-state index is 0.0101. The molecule has 3 N–H and O–H groups in total. The van der Waals surface area contributed by atoms with Gasteiger partial charge in [-0.1, -0.05) is 36.4 Å². The average molecular weight is 507 g/mol. The van der Waals surface area contributed by atoms with Gasteiger partial charge in [-0.2, -0.15) is 5.26 Å². The van der Waals surface area contributed by atoms with Crippen molar-refractivity contribution in [2.75, 3.05) is 32.8 Å². The molecule has 10 heteroatoms. The molecule has 1 atom stereocenters. The molecule has 1 aliphatic heterocycles. The van der Waals surface area contributed by atoms with Crippen molar-refractivity contribution in [3.05, 3.63) is 70.8 Å². The second-order valence-corrected chi connectivity index (χ2v) is 8.59. The van der Waals surface area contributed by atoms with Crippen LogP contribution in [0.4, 0.5) is 0 Å². The zero-order valence-electron chi connectivity index (χ0n) is 20.6. The summed E-state index contributed by atoms with van der Waals surface area (Å²) >= 11 is 0. The van der Waals surface area contributed by atoms with Crippen LogP contribution in [0.25, 0.3) is 6.08 Å². The summed E-state index contributed by atoms with van der Waals surface area (Å²) in [5.41, 5.74) is 1.63. The van der Waals surface area contributed by atoms with E-state index in [1.165, 1.54) is 36.1 Å². The normalized spacial score (nSPS) is 14.6. The number of nitriles is 1. The van der Waals surface area contributed by atoms with Gasteiger partial charge >= 0.3 is 0 Å². The fourth-order valence-electron chi connectivity index (χ4n) is 3.94. The molecule has 1 saturated heterocycles. The second kappa shape index (κ2) is 13.2. The number of aliphatic hydroxyl groups excluding tert-OH is 1. The van der Waals surface area contributed by atoms with Gasteiger partial charge in [-0.15, -0.1) is 0 Å². The van der Waals surface area contributed by atoms with Crippen molar-refractivity contribution >= 4 is 23.8 Å². The van der Waals surface area contributed by atoms with Crippen LogP contribution in [0.3, 0.4) is 0 Å². The number of carbonyl (C=O) groups is 3. The van der Waals surface area contributed by atoms with Gasteiger partial charge in [-0.25, -0.2) is 0 Å². The molecule has 2 aromatic rings. The van der Waals surface area contributed by atoms with Gasteiger partial charge in [0.2, 0.25) is 11.8 Å². The zero-order valence-corrected chi connectivity index (χ0v) is 20.6. The maximum absolute atomic E-state index is 13.1. The van der Waals surface area contributed by atoms with Gasteiger partial charge in [0, 0.05) is 38.7 Å². The minimum Gasteiger partial charge on any atom is -0.508 e. The van der Waals surface area contributed by atoms with Crippen LogP contribution in [0.1, 0.15) is 23.6 Å². The third-order valence-electron chi connectivity index (χ3n) is 5.89. The summed E-state index contributed by atoms with van der Waals surface area (Å²) in [6.07, 6.45) is 1.40. The van der Waals surface area contributed by atoms with E-state index in [0.717, 1.165) is 5.56 Å². The molecule has 1 unspecified atom stereocenters. The summed E-state index contributed by atoms with van der Waals surface area (Å²) < 4.78 is 5.68. The van der Waals surface area contributed by atoms with E-state index in [-0.39, 0.29) is 68.1 Å². The molecule has 0 radical (unpaired) electrons. The first kappa shape index (κ1) is 27.4. The summed E-state index contributed by atoms with van der Waals surface area (Å²) in [7, 11) is 0. The van der Waals surface area contributed by atoms with E-state index in [4.69, 9.17) is 4.74 Å². The van der Waals surface area contributed by atoms with Gasteiger partial charge in [0.05, 0.1) is 19.8 Å². The molecule has 37 heavy (non-hydrogen) atoms. The maximum Gasteiger partial charge on any atom is 0.264 e. The number of nitrogens with one attached hydrogen (secondary N) is 1. The van der Waals surface area contributed by atoms with E-state index in [1.807, 2.05) is 36.4 Å². The van der Waals surface area contributed by atoms with Crippen LogP contribution in [0.2, 0.25) is 0 Å². The molecule has 0 spiro atoms. The predicted octanol–water partition coefficient (Wildman–Crippen LogP) is 1.18. The highest BCUT2D eigenvalue weighted by atomic mass is 16.5. The van der Waals surface area contributed by atoms with Crippen molar-refractivity contribution in [2.24, 2.45) is 0 Å². The fourth-order valence-corrected chi connectivity index (χ4v) is 3.94. The molecule has 2 aromatic carbocycles. The number of piperazine rings is 1. The molecule has 3 amide bonds. The van der Waals surface area contributed by atoms with Crippen molar-refractivity contribution in [1.29, 1.82) is 5.26 Å². The van der Waals surface area contributed by atoms with Crippen LogP contribution in [0.5, 0.6) is 5.75 Å². The second-order valence-electron chi connectivity index (χ2n) is 8.59. The topological polar surface area (TPSA) is 143 Å². The Morgan fingerprint density at radius 2 is 1.78 bits per heavy atom. The first-order valence-electron chi connectivity index (χ1n) is 11.8. The Labute approximate surface area is 215 Å². The molecule has 1 heterocycles. The van der Waals surface area contributed by atoms with Crippen LogP contribution in [-0.4, -0.2) is 76.6 Å². The highest BCUT2D eigenvalue weighted by Crippen LogP contribution is 2.20. The Bertz CT molecular complexity index is 1180. The maximum atomic E-state index is 13.1. The standard InChI is InChI=1S/C27H30N4O6/c1-19(33)29-24(18-37-17-20-5-3-2-4-6-20)27(36)31-11-9-30(10-12-31)26(35)22(15-28)13-21-7-8-25(34)23(14-21)16-32/h2-8,13-14,24,32,34H,9-12,16-18H2,1H3,(H,29,33)/b22-13+. The minimum atomic E-state index is -0.853. The first-order chi connectivity index (χ1) is 17.8. The molecule has 1 fully saturated rings. The van der Waals surface area contributed by atoms with Crippen LogP contribution < -0.4 is 5.32 Å². The van der Waals surface area contributed by atoms with Crippen molar-refractivity contribution in [1.82, 2.24) is 15.1 Å². The number of aliphatic hydroxyl groups is 1. The number of hydrogen-bond acceptors (Lipinski definition) is 7. The van der Waals surface area contributed by atoms with Gasteiger partial charge in [0.15, 0.2) is 0 Å². The number of aromatic hydroxyl groups is 1. The molecule has 0 bridgehead atoms. The van der Waals surface area contributed by atoms with Crippen LogP contribution in [0, 0.1) is 11.3 Å². The SMILES string of the molecule is CC(=O)NC(COCc1ccccc1)C(=O)N1CCN(C(=O)/C(C#N)=C/c2ccc(O)c(CO)c2)CC1. The third kappa shape index (κ3) is 7.64. The Kier molecular flexibility index (Phi) is 9.77. The van der Waals surface area contributed by atoms with E-state index < -0.39 is 11.9 Å². The lowest BCUT2D eigenvalue weighted by molar-refractivity contribution is -0.142. The number of ether oxygens (including phenoxy) is 1. The number of hydrogen-bond donors (Lipinski definition) is 3. The summed E-state index contributed by atoms with van der Waals surface area (Å²) in [6.45, 7) is 2.19. The van der Waals surface area contributed by atoms with Gasteiger partial charge in [0.1, 0.15) is 23.4 Å². The Hall–Kier alpha value is -4.20. The molecular weight excluding hydrogens is 476 g/mol. The highest BCUT2D eigenvalue weighted by molar-refractivity contribution is 6.01. The summed E-state index contributed by atoms with van der Waals surface area (Å²) in [5.74, 6) is -1.20. The van der Waals surface area contributed by atoms with Gasteiger partial charge < -0.3 is 30.1 Å². The molecule has 1 aliphatic rings. The van der Waals surface area contributed by atoms with Crippen molar-refractivity contribution < 1.29 is 29.3 Å². The van der Waals surface area contributed by atoms with E-state index in [1.54, 1.807) is 4.90 Å². The first-order valence-corrected chi connectivity index (χ1v) is 11.8. The number of amides is 3. The number of nitrogens with zero attached hydrogens (tertiary/aromatic N) is 3. The molecule has 3 rings (SSSR count). The predicted molar refractivity (Wildman–Crippen MR) is 134 cm³/mol. The molecular formula is C27H30N4O6. The number of carbonyl (C=O) groups excluding carboxylic acids is 3. The number of rotatable bonds is 9. The van der Waals surface area contributed by atoms with Crippen molar-refractivity contribution in [3.8, 4) is 11.8 Å². The fraction of sp³-hybridized carbons (Fsp3) is 0.333. The smallest absolute Gasteiger partial charge is 0.264 e. The van der Waals surface area contributed by atoms with E-state index in [0.29, 0.717) is 12.2 Å². The lowest BCUT2D eigenvalue weighted by Gasteiger charge is -2.36. The quantitative estimate of drug-likeness (QED) is 0.342. The largest absolute Gasteiger partial charge is 0.508 e. The molecule has 194 valence electrons. The average Bonchev–Trinajstić information content (AvgIpc) is 2.91.